The zero-order chi connectivity index (χ0) is 15.5. The molecule has 22 heavy (non-hydrogen) atoms. The second-order valence-electron chi connectivity index (χ2n) is 5.07. The monoisotopic (exact) mass is 312 g/mol. The molecule has 0 aliphatic heterocycles. The molecule has 0 amide bonds. The van der Waals surface area contributed by atoms with Crippen LogP contribution in [0.2, 0.25) is 5.02 Å². The SMILES string of the molecule is O=C(O)C#Cc1ccc(OC2CCc3cc(Cl)ccc32)cc1. The van der Waals surface area contributed by atoms with E-state index >= 15 is 0 Å². The summed E-state index contributed by atoms with van der Waals surface area (Å²) in [7, 11) is 0. The summed E-state index contributed by atoms with van der Waals surface area (Å²) >= 11 is 6.01. The van der Waals surface area contributed by atoms with E-state index in [1.165, 1.54) is 11.1 Å². The highest BCUT2D eigenvalue weighted by atomic mass is 35.5. The fraction of sp³-hybridized carbons (Fsp3) is 0.167. The van der Waals surface area contributed by atoms with E-state index in [1.807, 2.05) is 18.2 Å². The zero-order valence-corrected chi connectivity index (χ0v) is 12.4. The Bertz CT molecular complexity index is 769. The number of rotatable bonds is 2. The molecule has 0 saturated heterocycles. The first-order chi connectivity index (χ1) is 10.6. The van der Waals surface area contributed by atoms with Gasteiger partial charge in [0.1, 0.15) is 11.9 Å². The van der Waals surface area contributed by atoms with Crippen molar-refractivity contribution < 1.29 is 14.6 Å². The van der Waals surface area contributed by atoms with Crippen LogP contribution in [-0.2, 0) is 11.2 Å². The van der Waals surface area contributed by atoms with Crippen LogP contribution in [0.3, 0.4) is 0 Å². The molecule has 1 unspecified atom stereocenters. The predicted octanol–water partition coefficient (Wildman–Crippen LogP) is 3.84. The normalized spacial score (nSPS) is 15.6. The van der Waals surface area contributed by atoms with Crippen molar-refractivity contribution in [1.29, 1.82) is 0 Å². The van der Waals surface area contributed by atoms with Crippen LogP contribution in [0.1, 0.15) is 29.2 Å². The Balaban J connectivity index is 1.73. The molecule has 1 N–H and O–H groups in total. The third-order valence-electron chi connectivity index (χ3n) is 3.57. The number of aryl methyl sites for hydroxylation is 1. The van der Waals surface area contributed by atoms with Crippen molar-refractivity contribution in [2.75, 3.05) is 0 Å². The van der Waals surface area contributed by atoms with Gasteiger partial charge in [-0.15, -0.1) is 0 Å². The van der Waals surface area contributed by atoms with E-state index in [9.17, 15) is 4.79 Å². The van der Waals surface area contributed by atoms with E-state index in [0.717, 1.165) is 23.6 Å². The first-order valence-corrected chi connectivity index (χ1v) is 7.29. The van der Waals surface area contributed by atoms with Crippen LogP contribution in [0.15, 0.2) is 42.5 Å². The predicted molar refractivity (Wildman–Crippen MR) is 84.1 cm³/mol. The van der Waals surface area contributed by atoms with E-state index in [-0.39, 0.29) is 6.10 Å². The molecule has 0 radical (unpaired) electrons. The van der Waals surface area contributed by atoms with Crippen molar-refractivity contribution in [3.8, 4) is 17.6 Å². The van der Waals surface area contributed by atoms with Crippen molar-refractivity contribution in [3.05, 3.63) is 64.2 Å². The number of hydrogen-bond acceptors (Lipinski definition) is 2. The second kappa shape index (κ2) is 6.13. The first kappa shape index (κ1) is 14.5. The highest BCUT2D eigenvalue weighted by Crippen LogP contribution is 2.36. The maximum atomic E-state index is 10.4. The van der Waals surface area contributed by atoms with Gasteiger partial charge < -0.3 is 9.84 Å². The Kier molecular flexibility index (Phi) is 4.04. The lowest BCUT2D eigenvalue weighted by Gasteiger charge is -2.15. The summed E-state index contributed by atoms with van der Waals surface area (Å²) in [6, 6.07) is 13.0. The first-order valence-electron chi connectivity index (χ1n) is 6.92. The second-order valence-corrected chi connectivity index (χ2v) is 5.50. The number of aliphatic carboxylic acids is 1. The lowest BCUT2D eigenvalue weighted by Crippen LogP contribution is -2.03. The highest BCUT2D eigenvalue weighted by Gasteiger charge is 2.24. The number of hydrogen-bond donors (Lipinski definition) is 1. The van der Waals surface area contributed by atoms with Crippen LogP contribution in [0.4, 0.5) is 0 Å². The Labute approximate surface area is 133 Å². The van der Waals surface area contributed by atoms with Crippen molar-refractivity contribution >= 4 is 17.6 Å². The summed E-state index contributed by atoms with van der Waals surface area (Å²) in [4.78, 5) is 10.4. The minimum atomic E-state index is -1.14. The summed E-state index contributed by atoms with van der Waals surface area (Å²) < 4.78 is 6.01. The minimum Gasteiger partial charge on any atom is -0.486 e. The molecule has 0 spiro atoms. The van der Waals surface area contributed by atoms with Gasteiger partial charge in [-0.2, -0.15) is 0 Å². The van der Waals surface area contributed by atoms with Gasteiger partial charge in [-0.05, 0) is 60.4 Å². The van der Waals surface area contributed by atoms with Gasteiger partial charge in [0.25, 0.3) is 0 Å². The third-order valence-corrected chi connectivity index (χ3v) is 3.81. The average Bonchev–Trinajstić information content (AvgIpc) is 2.88. The van der Waals surface area contributed by atoms with Crippen molar-refractivity contribution in [2.24, 2.45) is 0 Å². The van der Waals surface area contributed by atoms with E-state index in [4.69, 9.17) is 21.4 Å². The Morgan fingerprint density at radius 1 is 1.23 bits per heavy atom. The van der Waals surface area contributed by atoms with Gasteiger partial charge in [0.05, 0.1) is 0 Å². The zero-order valence-electron chi connectivity index (χ0n) is 11.7. The van der Waals surface area contributed by atoms with Crippen LogP contribution in [0.5, 0.6) is 5.75 Å². The summed E-state index contributed by atoms with van der Waals surface area (Å²) in [5.41, 5.74) is 3.06. The van der Waals surface area contributed by atoms with Crippen LogP contribution in [0.25, 0.3) is 0 Å². The van der Waals surface area contributed by atoms with E-state index in [1.54, 1.807) is 24.3 Å². The molecule has 110 valence electrons. The molecule has 0 saturated carbocycles. The third kappa shape index (κ3) is 3.24. The molecule has 3 rings (SSSR count). The van der Waals surface area contributed by atoms with Crippen molar-refractivity contribution in [3.63, 3.8) is 0 Å². The molecule has 2 aromatic carbocycles. The van der Waals surface area contributed by atoms with Gasteiger partial charge in [0, 0.05) is 16.5 Å². The van der Waals surface area contributed by atoms with Crippen LogP contribution < -0.4 is 4.74 Å². The molecule has 0 aromatic heterocycles. The maximum absolute atomic E-state index is 10.4. The Morgan fingerprint density at radius 2 is 2.00 bits per heavy atom. The molecule has 4 heteroatoms. The molecule has 0 fully saturated rings. The lowest BCUT2D eigenvalue weighted by atomic mass is 10.1. The van der Waals surface area contributed by atoms with Crippen LogP contribution in [-0.4, -0.2) is 11.1 Å². The molecular weight excluding hydrogens is 300 g/mol. The average molecular weight is 313 g/mol. The number of halogens is 1. The van der Waals surface area contributed by atoms with Crippen molar-refractivity contribution in [2.45, 2.75) is 18.9 Å². The molecule has 1 atom stereocenters. The minimum absolute atomic E-state index is 0.0308. The summed E-state index contributed by atoms with van der Waals surface area (Å²) in [6.45, 7) is 0. The van der Waals surface area contributed by atoms with E-state index < -0.39 is 5.97 Å². The molecular formula is C18H13ClO3. The quantitative estimate of drug-likeness (QED) is 0.857. The van der Waals surface area contributed by atoms with Gasteiger partial charge in [-0.1, -0.05) is 23.6 Å². The fourth-order valence-corrected chi connectivity index (χ4v) is 2.77. The number of carboxylic acids is 1. The smallest absolute Gasteiger partial charge is 0.382 e. The van der Waals surface area contributed by atoms with Crippen molar-refractivity contribution in [1.82, 2.24) is 0 Å². The van der Waals surface area contributed by atoms with E-state index in [2.05, 4.69) is 11.8 Å². The topological polar surface area (TPSA) is 46.5 Å². The number of ether oxygens (including phenoxy) is 1. The Hall–Kier alpha value is -2.44. The highest BCUT2D eigenvalue weighted by molar-refractivity contribution is 6.30. The summed E-state index contributed by atoms with van der Waals surface area (Å²) in [5.74, 6) is 4.26. The number of carboxylic acid groups (broad SMARTS) is 1. The number of carbonyl (C=O) groups is 1. The van der Waals surface area contributed by atoms with Gasteiger partial charge >= 0.3 is 5.97 Å². The summed E-state index contributed by atoms with van der Waals surface area (Å²) in [6.07, 6.45) is 1.92. The number of fused-ring (bicyclic) bond motifs is 1. The largest absolute Gasteiger partial charge is 0.486 e. The molecule has 2 aromatic rings. The van der Waals surface area contributed by atoms with Gasteiger partial charge in [0.15, 0.2) is 0 Å². The molecule has 0 bridgehead atoms. The molecule has 0 heterocycles. The van der Waals surface area contributed by atoms with E-state index in [0.29, 0.717) is 5.56 Å². The van der Waals surface area contributed by atoms with Gasteiger partial charge in [0.2, 0.25) is 0 Å². The maximum Gasteiger partial charge on any atom is 0.382 e. The van der Waals surface area contributed by atoms with Crippen LogP contribution >= 0.6 is 11.6 Å². The van der Waals surface area contributed by atoms with Gasteiger partial charge in [-0.25, -0.2) is 4.79 Å². The molecule has 3 nitrogen and oxygen atoms in total. The lowest BCUT2D eigenvalue weighted by molar-refractivity contribution is -0.130. The molecule has 1 aliphatic rings. The molecule has 1 aliphatic carbocycles. The summed E-state index contributed by atoms with van der Waals surface area (Å²) in [5, 5.41) is 9.27. The fourth-order valence-electron chi connectivity index (χ4n) is 2.58. The van der Waals surface area contributed by atoms with Crippen LogP contribution in [0, 0.1) is 11.8 Å². The van der Waals surface area contributed by atoms with Gasteiger partial charge in [-0.3, -0.25) is 0 Å². The number of benzene rings is 2. The standard InChI is InChI=1S/C18H13ClO3/c19-14-5-8-16-13(11-14)4-9-17(16)22-15-6-1-12(2-7-15)3-10-18(20)21/h1-2,5-8,11,17H,4,9H2,(H,20,21). The Morgan fingerprint density at radius 3 is 2.73 bits per heavy atom.